The second kappa shape index (κ2) is 5.79. The molecule has 94 valence electrons. The minimum Gasteiger partial charge on any atom is -0.377 e. The topological polar surface area (TPSA) is 24.9 Å². The highest BCUT2D eigenvalue weighted by Gasteiger charge is 2.07. The molecule has 0 aliphatic heterocycles. The highest BCUT2D eigenvalue weighted by molar-refractivity contribution is 6.41. The lowest BCUT2D eigenvalue weighted by atomic mass is 10.2. The highest BCUT2D eigenvalue weighted by atomic mass is 35.5. The van der Waals surface area contributed by atoms with E-state index in [1.165, 1.54) is 0 Å². The molecule has 0 saturated carbocycles. The number of anilines is 1. The van der Waals surface area contributed by atoms with Crippen LogP contribution in [0.1, 0.15) is 11.3 Å². The minimum atomic E-state index is 0.500. The van der Waals surface area contributed by atoms with E-state index in [1.807, 2.05) is 25.3 Å². The number of nitrogens with zero attached hydrogens (tertiary/aromatic N) is 1. The first-order valence-corrected chi connectivity index (χ1v) is 6.49. The average Bonchev–Trinajstić information content (AvgIpc) is 2.30. The van der Waals surface area contributed by atoms with E-state index in [2.05, 4.69) is 10.3 Å². The van der Waals surface area contributed by atoms with Crippen LogP contribution in [0.25, 0.3) is 0 Å². The number of hydrogen-bond acceptors (Lipinski definition) is 2. The van der Waals surface area contributed by atoms with Crippen LogP contribution in [0.15, 0.2) is 30.5 Å². The largest absolute Gasteiger partial charge is 0.377 e. The van der Waals surface area contributed by atoms with Gasteiger partial charge in [0.2, 0.25) is 0 Å². The van der Waals surface area contributed by atoms with Crippen LogP contribution in [-0.4, -0.2) is 4.98 Å². The summed E-state index contributed by atoms with van der Waals surface area (Å²) in [5, 5.41) is 4.68. The van der Waals surface area contributed by atoms with Crippen LogP contribution in [0.3, 0.4) is 0 Å². The van der Waals surface area contributed by atoms with E-state index in [1.54, 1.807) is 12.1 Å². The zero-order valence-electron chi connectivity index (χ0n) is 9.67. The van der Waals surface area contributed by atoms with Gasteiger partial charge in [0.15, 0.2) is 0 Å². The van der Waals surface area contributed by atoms with Crippen molar-refractivity contribution in [1.29, 1.82) is 0 Å². The Morgan fingerprint density at radius 2 is 1.78 bits per heavy atom. The van der Waals surface area contributed by atoms with Gasteiger partial charge in [-0.25, -0.2) is 0 Å². The Morgan fingerprint density at radius 1 is 1.11 bits per heavy atom. The van der Waals surface area contributed by atoms with Crippen LogP contribution in [-0.2, 0) is 6.54 Å². The van der Waals surface area contributed by atoms with Gasteiger partial charge in [-0.3, -0.25) is 4.98 Å². The van der Waals surface area contributed by atoms with Crippen molar-refractivity contribution in [3.63, 3.8) is 0 Å². The molecule has 0 fully saturated rings. The van der Waals surface area contributed by atoms with Crippen molar-refractivity contribution in [1.82, 2.24) is 4.98 Å². The quantitative estimate of drug-likeness (QED) is 0.866. The normalized spacial score (nSPS) is 10.4. The van der Waals surface area contributed by atoms with Crippen LogP contribution in [0.2, 0.25) is 15.1 Å². The number of hydrogen-bond donors (Lipinski definition) is 1. The molecular formula is C13H11Cl3N2. The Morgan fingerprint density at radius 3 is 2.33 bits per heavy atom. The second-order valence-electron chi connectivity index (χ2n) is 3.92. The molecule has 0 aliphatic carbocycles. The summed E-state index contributed by atoms with van der Waals surface area (Å²) >= 11 is 18.0. The summed E-state index contributed by atoms with van der Waals surface area (Å²) in [6, 6.07) is 7.27. The van der Waals surface area contributed by atoms with Crippen LogP contribution in [0, 0.1) is 6.92 Å². The second-order valence-corrected chi connectivity index (χ2v) is 5.18. The predicted molar refractivity (Wildman–Crippen MR) is 77.8 cm³/mol. The number of halogens is 3. The first-order valence-electron chi connectivity index (χ1n) is 5.36. The molecule has 0 spiro atoms. The first kappa shape index (κ1) is 13.5. The fourth-order valence-corrected chi connectivity index (χ4v) is 2.44. The molecule has 0 unspecified atom stereocenters. The average molecular weight is 302 g/mol. The van der Waals surface area contributed by atoms with E-state index in [4.69, 9.17) is 34.8 Å². The van der Waals surface area contributed by atoms with Gasteiger partial charge in [0.05, 0.1) is 28.0 Å². The molecule has 2 aromatic rings. The molecule has 1 N–H and O–H groups in total. The Labute approximate surface area is 121 Å². The van der Waals surface area contributed by atoms with Crippen molar-refractivity contribution < 1.29 is 0 Å². The standard InChI is InChI=1S/C13H11Cl3N2/c1-8-2-3-10(17-6-8)7-18-13-11(15)4-9(14)5-12(13)16/h2-6,18H,7H2,1H3. The van der Waals surface area contributed by atoms with E-state index in [-0.39, 0.29) is 0 Å². The Hall–Kier alpha value is -0.960. The van der Waals surface area contributed by atoms with E-state index < -0.39 is 0 Å². The van der Waals surface area contributed by atoms with Gasteiger partial charge in [0.25, 0.3) is 0 Å². The molecule has 0 amide bonds. The van der Waals surface area contributed by atoms with Crippen molar-refractivity contribution >= 4 is 40.5 Å². The summed E-state index contributed by atoms with van der Waals surface area (Å²) in [6.07, 6.45) is 1.82. The summed E-state index contributed by atoms with van der Waals surface area (Å²) in [4.78, 5) is 4.30. The predicted octanol–water partition coefficient (Wildman–Crippen LogP) is 4.96. The number of nitrogens with one attached hydrogen (secondary N) is 1. The molecule has 1 aromatic heterocycles. The van der Waals surface area contributed by atoms with Crippen molar-refractivity contribution in [2.24, 2.45) is 0 Å². The molecule has 1 heterocycles. The third-order valence-corrected chi connectivity index (χ3v) is 3.24. The molecule has 5 heteroatoms. The molecule has 0 aliphatic rings. The zero-order chi connectivity index (χ0) is 13.1. The molecule has 2 rings (SSSR count). The lowest BCUT2D eigenvalue weighted by Crippen LogP contribution is -2.02. The van der Waals surface area contributed by atoms with Crippen LogP contribution < -0.4 is 5.32 Å². The van der Waals surface area contributed by atoms with Gasteiger partial charge >= 0.3 is 0 Å². The van der Waals surface area contributed by atoms with Crippen LogP contribution >= 0.6 is 34.8 Å². The number of pyridine rings is 1. The van der Waals surface area contributed by atoms with Gasteiger partial charge in [-0.1, -0.05) is 40.9 Å². The van der Waals surface area contributed by atoms with Crippen molar-refractivity contribution in [2.75, 3.05) is 5.32 Å². The summed E-state index contributed by atoms with van der Waals surface area (Å²) < 4.78 is 0. The Kier molecular flexibility index (Phi) is 4.33. The molecule has 2 nitrogen and oxygen atoms in total. The van der Waals surface area contributed by atoms with Gasteiger partial charge in [-0.15, -0.1) is 0 Å². The molecule has 0 atom stereocenters. The third-order valence-electron chi connectivity index (χ3n) is 2.43. The Balaban J connectivity index is 2.13. The zero-order valence-corrected chi connectivity index (χ0v) is 11.9. The maximum atomic E-state index is 6.07. The fourth-order valence-electron chi connectivity index (χ4n) is 1.49. The third kappa shape index (κ3) is 3.29. The highest BCUT2D eigenvalue weighted by Crippen LogP contribution is 2.33. The maximum absolute atomic E-state index is 6.07. The molecule has 0 saturated heterocycles. The molecule has 0 bridgehead atoms. The summed E-state index contributed by atoms with van der Waals surface area (Å²) in [5.74, 6) is 0. The van der Waals surface area contributed by atoms with Crippen molar-refractivity contribution in [3.05, 3.63) is 56.8 Å². The van der Waals surface area contributed by atoms with Crippen LogP contribution in [0.5, 0.6) is 0 Å². The maximum Gasteiger partial charge on any atom is 0.0723 e. The van der Waals surface area contributed by atoms with Gasteiger partial charge in [0, 0.05) is 11.2 Å². The van der Waals surface area contributed by atoms with E-state index >= 15 is 0 Å². The Bertz CT molecular complexity index is 530. The minimum absolute atomic E-state index is 0.500. The van der Waals surface area contributed by atoms with Gasteiger partial charge in [-0.05, 0) is 30.7 Å². The van der Waals surface area contributed by atoms with E-state index in [0.717, 1.165) is 11.3 Å². The lowest BCUT2D eigenvalue weighted by molar-refractivity contribution is 1.04. The summed E-state index contributed by atoms with van der Waals surface area (Å²) in [7, 11) is 0. The summed E-state index contributed by atoms with van der Waals surface area (Å²) in [5.41, 5.74) is 2.72. The fraction of sp³-hybridized carbons (Fsp3) is 0.154. The number of benzene rings is 1. The van der Waals surface area contributed by atoms with Crippen molar-refractivity contribution in [3.8, 4) is 0 Å². The number of aryl methyl sites for hydroxylation is 1. The van der Waals surface area contributed by atoms with Gasteiger partial charge in [-0.2, -0.15) is 0 Å². The molecule has 1 aromatic carbocycles. The SMILES string of the molecule is Cc1ccc(CNc2c(Cl)cc(Cl)cc2Cl)nc1. The van der Waals surface area contributed by atoms with Gasteiger partial charge in [0.1, 0.15) is 0 Å². The van der Waals surface area contributed by atoms with E-state index in [0.29, 0.717) is 27.3 Å². The molecule has 18 heavy (non-hydrogen) atoms. The lowest BCUT2D eigenvalue weighted by Gasteiger charge is -2.10. The van der Waals surface area contributed by atoms with Crippen LogP contribution in [0.4, 0.5) is 5.69 Å². The monoisotopic (exact) mass is 300 g/mol. The smallest absolute Gasteiger partial charge is 0.0723 e. The summed E-state index contributed by atoms with van der Waals surface area (Å²) in [6.45, 7) is 2.55. The molecule has 0 radical (unpaired) electrons. The van der Waals surface area contributed by atoms with E-state index in [9.17, 15) is 0 Å². The number of rotatable bonds is 3. The molecular weight excluding hydrogens is 291 g/mol. The first-order chi connectivity index (χ1) is 8.56. The number of aromatic nitrogens is 1. The van der Waals surface area contributed by atoms with Gasteiger partial charge < -0.3 is 5.32 Å². The van der Waals surface area contributed by atoms with Crippen molar-refractivity contribution in [2.45, 2.75) is 13.5 Å².